The maximum atomic E-state index is 11.9. The van der Waals surface area contributed by atoms with E-state index in [1.54, 1.807) is 30.7 Å². The number of aromatic nitrogens is 4. The predicted octanol–water partition coefficient (Wildman–Crippen LogP) is 2.57. The summed E-state index contributed by atoms with van der Waals surface area (Å²) in [6.07, 6.45) is 6.63. The van der Waals surface area contributed by atoms with Crippen molar-refractivity contribution in [2.24, 2.45) is 11.8 Å². The van der Waals surface area contributed by atoms with Gasteiger partial charge in [0.25, 0.3) is 0 Å². The Hall–Kier alpha value is -2.95. The Morgan fingerprint density at radius 1 is 1.03 bits per heavy atom. The van der Waals surface area contributed by atoms with Gasteiger partial charge in [-0.15, -0.1) is 0 Å². The van der Waals surface area contributed by atoms with Gasteiger partial charge < -0.3 is 15.4 Å². The molecule has 5 heterocycles. The molecule has 0 bridgehead atoms. The lowest BCUT2D eigenvalue weighted by molar-refractivity contribution is 0.153. The van der Waals surface area contributed by atoms with Gasteiger partial charge in [0, 0.05) is 56.2 Å². The van der Waals surface area contributed by atoms with Crippen LogP contribution in [0, 0.1) is 11.8 Å². The van der Waals surface area contributed by atoms with E-state index >= 15 is 0 Å². The molecule has 10 heteroatoms. The first-order chi connectivity index (χ1) is 15.6. The molecule has 2 saturated heterocycles. The molecule has 2 aliphatic heterocycles. The van der Waals surface area contributed by atoms with Gasteiger partial charge in [0.05, 0.1) is 28.9 Å². The molecule has 9 nitrogen and oxygen atoms in total. The van der Waals surface area contributed by atoms with E-state index in [1.165, 1.54) is 11.9 Å². The van der Waals surface area contributed by atoms with Crippen LogP contribution in [0.15, 0.2) is 53.9 Å². The van der Waals surface area contributed by atoms with E-state index in [-0.39, 0.29) is 0 Å². The second-order valence-electron chi connectivity index (χ2n) is 8.15. The molecule has 0 spiro atoms. The van der Waals surface area contributed by atoms with Gasteiger partial charge in [-0.05, 0) is 23.8 Å². The third kappa shape index (κ3) is 4.77. The highest BCUT2D eigenvalue weighted by Crippen LogP contribution is 2.30. The average Bonchev–Trinajstić information content (AvgIpc) is 3.37. The van der Waals surface area contributed by atoms with Gasteiger partial charge in [0.2, 0.25) is 0 Å². The smallest absolute Gasteiger partial charge is 0.147 e. The Bertz CT molecular complexity index is 1100. The zero-order chi connectivity index (χ0) is 21.9. The summed E-state index contributed by atoms with van der Waals surface area (Å²) in [5.41, 5.74) is 1.19. The van der Waals surface area contributed by atoms with Gasteiger partial charge >= 0.3 is 0 Å². The van der Waals surface area contributed by atoms with Gasteiger partial charge in [-0.25, -0.2) is 19.9 Å². The largest absolute Gasteiger partial charge is 0.381 e. The van der Waals surface area contributed by atoms with E-state index in [1.807, 2.05) is 12.3 Å². The summed E-state index contributed by atoms with van der Waals surface area (Å²) >= 11 is 0. The monoisotopic (exact) mass is 451 g/mol. The van der Waals surface area contributed by atoms with Crippen LogP contribution in [0.3, 0.4) is 0 Å². The maximum absolute atomic E-state index is 11.9. The van der Waals surface area contributed by atoms with Crippen molar-refractivity contribution in [2.45, 2.75) is 11.4 Å². The molecule has 0 aromatic carbocycles. The second-order valence-corrected chi connectivity index (χ2v) is 9.49. The molecule has 166 valence electrons. The third-order valence-electron chi connectivity index (χ3n) is 5.80. The fourth-order valence-electron chi connectivity index (χ4n) is 4.23. The molecule has 0 saturated carbocycles. The molecule has 32 heavy (non-hydrogen) atoms. The molecule has 2 aliphatic rings. The normalized spacial score (nSPS) is 21.3. The standard InChI is InChI=1S/C22H25N7O2S/c1-32(30)18-3-2-6-23-22(18)28-21-7-20(25-14-26-21)27-19-5-4-15(8-24-19)9-29-10-16-12-31-13-17(16)11-29/h2-8,14,16-17H,9-13H2,1H3,(H2,23,24,25,26,27,28). The van der Waals surface area contributed by atoms with Crippen LogP contribution in [0.1, 0.15) is 5.56 Å². The van der Waals surface area contributed by atoms with Crippen molar-refractivity contribution in [3.05, 3.63) is 54.6 Å². The summed E-state index contributed by atoms with van der Waals surface area (Å²) < 4.78 is 17.5. The zero-order valence-electron chi connectivity index (χ0n) is 17.8. The Kier molecular flexibility index (Phi) is 6.06. The van der Waals surface area contributed by atoms with Crippen molar-refractivity contribution in [1.82, 2.24) is 24.8 Å². The molecule has 0 amide bonds. The molecule has 0 radical (unpaired) electrons. The van der Waals surface area contributed by atoms with Crippen molar-refractivity contribution >= 4 is 34.1 Å². The molecular formula is C22H25N7O2S. The zero-order valence-corrected chi connectivity index (χ0v) is 18.6. The van der Waals surface area contributed by atoms with Crippen LogP contribution >= 0.6 is 0 Å². The summed E-state index contributed by atoms with van der Waals surface area (Å²) in [5.74, 6) is 3.74. The van der Waals surface area contributed by atoms with Gasteiger partial charge in [0.1, 0.15) is 29.6 Å². The topological polar surface area (TPSA) is 105 Å². The summed E-state index contributed by atoms with van der Waals surface area (Å²) in [6, 6.07) is 9.35. The number of nitrogens with zero attached hydrogens (tertiary/aromatic N) is 5. The van der Waals surface area contributed by atoms with Gasteiger partial charge in [-0.1, -0.05) is 6.07 Å². The first-order valence-electron chi connectivity index (χ1n) is 10.5. The number of pyridine rings is 2. The number of rotatable bonds is 7. The molecule has 3 unspecified atom stereocenters. The van der Waals surface area contributed by atoms with E-state index in [2.05, 4.69) is 41.5 Å². The third-order valence-corrected chi connectivity index (χ3v) is 6.75. The number of likely N-dealkylation sites (tertiary alicyclic amines) is 1. The van der Waals surface area contributed by atoms with Crippen molar-refractivity contribution in [2.75, 3.05) is 43.2 Å². The summed E-state index contributed by atoms with van der Waals surface area (Å²) in [5, 5.41) is 6.32. The van der Waals surface area contributed by atoms with Crippen LogP contribution < -0.4 is 10.6 Å². The number of ether oxygens (including phenoxy) is 1. The van der Waals surface area contributed by atoms with Crippen LogP contribution in [0.2, 0.25) is 0 Å². The molecule has 3 aromatic heterocycles. The van der Waals surface area contributed by atoms with E-state index in [0.29, 0.717) is 40.0 Å². The molecule has 3 atom stereocenters. The van der Waals surface area contributed by atoms with E-state index in [4.69, 9.17) is 4.74 Å². The molecule has 0 aliphatic carbocycles. The van der Waals surface area contributed by atoms with Gasteiger partial charge in [0.15, 0.2) is 0 Å². The van der Waals surface area contributed by atoms with Crippen LogP contribution in [0.5, 0.6) is 0 Å². The average molecular weight is 452 g/mol. The van der Waals surface area contributed by atoms with Crippen molar-refractivity contribution in [3.63, 3.8) is 0 Å². The Labute approximate surface area is 189 Å². The Balaban J connectivity index is 1.22. The first-order valence-corrected chi connectivity index (χ1v) is 12.1. The number of hydrogen-bond acceptors (Lipinski definition) is 9. The lowest BCUT2D eigenvalue weighted by atomic mass is 10.0. The lowest BCUT2D eigenvalue weighted by Crippen LogP contribution is -2.22. The summed E-state index contributed by atoms with van der Waals surface area (Å²) in [4.78, 5) is 20.4. The van der Waals surface area contributed by atoms with Crippen LogP contribution in [0.25, 0.3) is 0 Å². The number of hydrogen-bond donors (Lipinski definition) is 2. The number of anilines is 4. The highest BCUT2D eigenvalue weighted by molar-refractivity contribution is 7.84. The van der Waals surface area contributed by atoms with E-state index < -0.39 is 10.8 Å². The molecule has 3 aromatic rings. The van der Waals surface area contributed by atoms with E-state index in [0.717, 1.165) is 32.8 Å². The fourth-order valence-corrected chi connectivity index (χ4v) is 4.87. The minimum atomic E-state index is -1.16. The van der Waals surface area contributed by atoms with Crippen molar-refractivity contribution in [1.29, 1.82) is 0 Å². The van der Waals surface area contributed by atoms with Crippen LogP contribution in [0.4, 0.5) is 23.3 Å². The number of nitrogens with one attached hydrogen (secondary N) is 2. The Morgan fingerprint density at radius 2 is 1.81 bits per heavy atom. The summed E-state index contributed by atoms with van der Waals surface area (Å²) in [6.45, 7) is 4.91. The lowest BCUT2D eigenvalue weighted by Gasteiger charge is -2.16. The SMILES string of the molecule is CS(=O)c1cccnc1Nc1cc(Nc2ccc(CN3CC4COCC4C3)cn2)ncn1. The minimum Gasteiger partial charge on any atom is -0.381 e. The van der Waals surface area contributed by atoms with E-state index in [9.17, 15) is 4.21 Å². The van der Waals surface area contributed by atoms with Gasteiger partial charge in [-0.2, -0.15) is 0 Å². The molecule has 2 fully saturated rings. The highest BCUT2D eigenvalue weighted by Gasteiger charge is 2.36. The minimum absolute atomic E-state index is 0.512. The van der Waals surface area contributed by atoms with Crippen molar-refractivity contribution < 1.29 is 8.95 Å². The first kappa shape index (κ1) is 20.9. The highest BCUT2D eigenvalue weighted by atomic mass is 32.2. The maximum Gasteiger partial charge on any atom is 0.147 e. The quantitative estimate of drug-likeness (QED) is 0.561. The van der Waals surface area contributed by atoms with Crippen molar-refractivity contribution in [3.8, 4) is 0 Å². The summed E-state index contributed by atoms with van der Waals surface area (Å²) in [7, 11) is -1.16. The number of fused-ring (bicyclic) bond motifs is 1. The van der Waals surface area contributed by atoms with Gasteiger partial charge in [-0.3, -0.25) is 9.11 Å². The fraction of sp³-hybridized carbons (Fsp3) is 0.364. The van der Waals surface area contributed by atoms with Crippen LogP contribution in [-0.2, 0) is 22.1 Å². The molecular weight excluding hydrogens is 426 g/mol. The molecule has 2 N–H and O–H groups in total. The van der Waals surface area contributed by atoms with Crippen LogP contribution in [-0.4, -0.2) is 61.6 Å². The Morgan fingerprint density at radius 3 is 2.53 bits per heavy atom. The second kappa shape index (κ2) is 9.27. The predicted molar refractivity (Wildman–Crippen MR) is 122 cm³/mol. The molecule has 5 rings (SSSR count).